The number of aryl methyl sites for hydroxylation is 2. The SMILES string of the molecule is C=C(N)c1cc(CC)c(Nc2ncc(C(F)(F)F)c(Oc3cccc4c3C(=O)N(C)C4)n2)cc1C. The van der Waals surface area contributed by atoms with Crippen LogP contribution in [0.15, 0.2) is 43.1 Å². The first-order valence-corrected chi connectivity index (χ1v) is 10.8. The van der Waals surface area contributed by atoms with Gasteiger partial charge in [0, 0.05) is 36.7 Å². The van der Waals surface area contributed by atoms with E-state index in [0.717, 1.165) is 16.7 Å². The van der Waals surface area contributed by atoms with Gasteiger partial charge < -0.3 is 20.7 Å². The van der Waals surface area contributed by atoms with Gasteiger partial charge in [-0.2, -0.15) is 18.2 Å². The number of hydrogen-bond donors (Lipinski definition) is 2. The molecule has 35 heavy (non-hydrogen) atoms. The third kappa shape index (κ3) is 4.64. The molecule has 0 spiro atoms. The molecule has 0 fully saturated rings. The largest absolute Gasteiger partial charge is 0.437 e. The summed E-state index contributed by atoms with van der Waals surface area (Å²) in [4.78, 5) is 21.9. The zero-order valence-corrected chi connectivity index (χ0v) is 19.5. The van der Waals surface area contributed by atoms with Crippen LogP contribution >= 0.6 is 0 Å². The first-order chi connectivity index (χ1) is 16.5. The Hall–Kier alpha value is -4.08. The van der Waals surface area contributed by atoms with Gasteiger partial charge in [0.25, 0.3) is 5.91 Å². The topological polar surface area (TPSA) is 93.4 Å². The third-order valence-corrected chi connectivity index (χ3v) is 5.77. The highest BCUT2D eigenvalue weighted by atomic mass is 19.4. The highest BCUT2D eigenvalue weighted by Gasteiger charge is 2.37. The Morgan fingerprint density at radius 3 is 2.71 bits per heavy atom. The number of alkyl halides is 3. The summed E-state index contributed by atoms with van der Waals surface area (Å²) in [7, 11) is 1.61. The van der Waals surface area contributed by atoms with E-state index in [-0.39, 0.29) is 23.2 Å². The smallest absolute Gasteiger partial charge is 0.423 e. The van der Waals surface area contributed by atoms with Crippen molar-refractivity contribution >= 4 is 23.2 Å². The van der Waals surface area contributed by atoms with Crippen LogP contribution in [0.4, 0.5) is 24.8 Å². The van der Waals surface area contributed by atoms with Crippen LogP contribution < -0.4 is 15.8 Å². The van der Waals surface area contributed by atoms with E-state index in [1.165, 1.54) is 11.0 Å². The predicted octanol–water partition coefficient (Wildman–Crippen LogP) is 5.42. The summed E-state index contributed by atoms with van der Waals surface area (Å²) in [6.07, 6.45) is -3.48. The van der Waals surface area contributed by atoms with Crippen molar-refractivity contribution in [2.75, 3.05) is 12.4 Å². The second-order valence-corrected chi connectivity index (χ2v) is 8.29. The lowest BCUT2D eigenvalue weighted by Crippen LogP contribution is -2.18. The van der Waals surface area contributed by atoms with E-state index in [1.807, 2.05) is 26.0 Å². The van der Waals surface area contributed by atoms with Crippen LogP contribution in [-0.2, 0) is 19.1 Å². The highest BCUT2D eigenvalue weighted by molar-refractivity contribution is 6.00. The second kappa shape index (κ2) is 8.94. The Morgan fingerprint density at radius 1 is 1.31 bits per heavy atom. The average Bonchev–Trinajstić information content (AvgIpc) is 3.07. The van der Waals surface area contributed by atoms with Crippen LogP contribution in [0.1, 0.15) is 45.1 Å². The van der Waals surface area contributed by atoms with Crippen molar-refractivity contribution in [1.29, 1.82) is 0 Å². The molecule has 0 atom stereocenters. The van der Waals surface area contributed by atoms with Gasteiger partial charge in [0.05, 0.1) is 5.56 Å². The molecule has 3 N–H and O–H groups in total. The molecular formula is C25H24F3N5O2. The number of benzene rings is 2. The van der Waals surface area contributed by atoms with Crippen LogP contribution in [-0.4, -0.2) is 27.8 Å². The van der Waals surface area contributed by atoms with E-state index in [2.05, 4.69) is 21.9 Å². The number of fused-ring (bicyclic) bond motifs is 1. The van der Waals surface area contributed by atoms with E-state index in [4.69, 9.17) is 10.5 Å². The number of amides is 1. The Bertz CT molecular complexity index is 1340. The summed E-state index contributed by atoms with van der Waals surface area (Å²) >= 11 is 0. The van der Waals surface area contributed by atoms with E-state index in [1.54, 1.807) is 19.2 Å². The summed E-state index contributed by atoms with van der Waals surface area (Å²) < 4.78 is 46.8. The Balaban J connectivity index is 1.75. The molecule has 0 bridgehead atoms. The maximum Gasteiger partial charge on any atom is 0.423 e. The Morgan fingerprint density at radius 2 is 2.06 bits per heavy atom. The molecule has 1 amide bonds. The molecule has 1 aromatic heterocycles. The van der Waals surface area contributed by atoms with Crippen molar-refractivity contribution in [3.05, 3.63) is 76.5 Å². The molecule has 0 aliphatic carbocycles. The molecule has 0 saturated heterocycles. The quantitative estimate of drug-likeness (QED) is 0.487. The number of nitrogens with one attached hydrogen (secondary N) is 1. The molecule has 4 rings (SSSR count). The van der Waals surface area contributed by atoms with Crippen molar-refractivity contribution in [2.45, 2.75) is 33.0 Å². The molecule has 1 aliphatic rings. The van der Waals surface area contributed by atoms with Gasteiger partial charge in [0.15, 0.2) is 0 Å². The zero-order valence-electron chi connectivity index (χ0n) is 19.5. The lowest BCUT2D eigenvalue weighted by atomic mass is 9.99. The minimum Gasteiger partial charge on any atom is -0.437 e. The molecule has 0 saturated carbocycles. The third-order valence-electron chi connectivity index (χ3n) is 5.77. The summed E-state index contributed by atoms with van der Waals surface area (Å²) in [5.41, 5.74) is 9.12. The van der Waals surface area contributed by atoms with Gasteiger partial charge in [-0.1, -0.05) is 25.6 Å². The van der Waals surface area contributed by atoms with Crippen LogP contribution in [0.5, 0.6) is 11.6 Å². The maximum atomic E-state index is 13.7. The molecule has 2 aromatic carbocycles. The van der Waals surface area contributed by atoms with Gasteiger partial charge in [-0.3, -0.25) is 4.79 Å². The molecular weight excluding hydrogens is 459 g/mol. The van der Waals surface area contributed by atoms with Crippen LogP contribution in [0.25, 0.3) is 5.70 Å². The number of carbonyl (C=O) groups is 1. The fourth-order valence-electron chi connectivity index (χ4n) is 3.99. The molecule has 3 aromatic rings. The fourth-order valence-corrected chi connectivity index (χ4v) is 3.99. The van der Waals surface area contributed by atoms with Gasteiger partial charge in [-0.05, 0) is 48.2 Å². The van der Waals surface area contributed by atoms with Crippen LogP contribution in [0.3, 0.4) is 0 Å². The van der Waals surface area contributed by atoms with Crippen molar-refractivity contribution in [2.24, 2.45) is 5.73 Å². The first kappa shape index (κ1) is 24.1. The summed E-state index contributed by atoms with van der Waals surface area (Å²) in [6, 6.07) is 8.48. The van der Waals surface area contributed by atoms with E-state index < -0.39 is 17.6 Å². The number of aromatic nitrogens is 2. The van der Waals surface area contributed by atoms with Crippen molar-refractivity contribution in [3.63, 3.8) is 0 Å². The van der Waals surface area contributed by atoms with Gasteiger partial charge in [-0.15, -0.1) is 0 Å². The van der Waals surface area contributed by atoms with E-state index in [9.17, 15) is 18.0 Å². The van der Waals surface area contributed by atoms with E-state index in [0.29, 0.717) is 36.1 Å². The molecule has 0 unspecified atom stereocenters. The average molecular weight is 483 g/mol. The number of anilines is 2. The monoisotopic (exact) mass is 483 g/mol. The molecule has 182 valence electrons. The molecule has 2 heterocycles. The van der Waals surface area contributed by atoms with E-state index >= 15 is 0 Å². The number of halogens is 3. The summed E-state index contributed by atoms with van der Waals surface area (Å²) in [6.45, 7) is 7.91. The zero-order chi connectivity index (χ0) is 25.5. The summed E-state index contributed by atoms with van der Waals surface area (Å²) in [5.74, 6) is -1.12. The maximum absolute atomic E-state index is 13.7. The molecule has 0 radical (unpaired) electrons. The number of nitrogens with two attached hydrogens (primary N) is 1. The Labute approximate surface area is 200 Å². The predicted molar refractivity (Wildman–Crippen MR) is 126 cm³/mol. The van der Waals surface area contributed by atoms with Gasteiger partial charge >= 0.3 is 6.18 Å². The van der Waals surface area contributed by atoms with Crippen LogP contribution in [0.2, 0.25) is 0 Å². The number of carbonyl (C=O) groups excluding carboxylic acids is 1. The van der Waals surface area contributed by atoms with Crippen molar-refractivity contribution in [1.82, 2.24) is 14.9 Å². The molecule has 1 aliphatic heterocycles. The lowest BCUT2D eigenvalue weighted by Gasteiger charge is -2.17. The Kier molecular flexibility index (Phi) is 6.14. The summed E-state index contributed by atoms with van der Waals surface area (Å²) in [5, 5.41) is 2.99. The second-order valence-electron chi connectivity index (χ2n) is 8.29. The minimum absolute atomic E-state index is 0.00269. The number of rotatable bonds is 6. The highest BCUT2D eigenvalue weighted by Crippen LogP contribution is 2.40. The minimum atomic E-state index is -4.76. The van der Waals surface area contributed by atoms with Gasteiger partial charge in [-0.25, -0.2) is 4.98 Å². The van der Waals surface area contributed by atoms with Gasteiger partial charge in [0.1, 0.15) is 11.3 Å². The van der Waals surface area contributed by atoms with Crippen molar-refractivity contribution in [3.8, 4) is 11.6 Å². The standard InChI is InChI=1S/C25H24F3N5O2/c1-5-15-10-17(14(3)29)13(2)9-19(15)31-24-30-11-18(25(26,27)28)22(32-24)35-20-8-6-7-16-12-33(4)23(34)21(16)20/h6-11H,3,5,12,29H2,1-2,4H3,(H,30,31,32). The molecule has 10 heteroatoms. The van der Waals surface area contributed by atoms with Gasteiger partial charge in [0.2, 0.25) is 11.8 Å². The van der Waals surface area contributed by atoms with Crippen molar-refractivity contribution < 1.29 is 22.7 Å². The normalized spacial score (nSPS) is 13.1. The molecule has 7 nitrogen and oxygen atoms in total. The first-order valence-electron chi connectivity index (χ1n) is 10.8. The number of hydrogen-bond acceptors (Lipinski definition) is 6. The fraction of sp³-hybridized carbons (Fsp3) is 0.240. The van der Waals surface area contributed by atoms with Crippen LogP contribution in [0, 0.1) is 6.92 Å². The number of nitrogens with zero attached hydrogens (tertiary/aromatic N) is 3. The lowest BCUT2D eigenvalue weighted by molar-refractivity contribution is -0.139. The number of ether oxygens (including phenoxy) is 1.